The van der Waals surface area contributed by atoms with Gasteiger partial charge in [-0.05, 0) is 24.5 Å². The maximum Gasteiger partial charge on any atom is 0.124 e. The third-order valence-corrected chi connectivity index (χ3v) is 1.76. The van der Waals surface area contributed by atoms with E-state index in [1.165, 1.54) is 12.1 Å². The molecule has 0 saturated heterocycles. The lowest BCUT2D eigenvalue weighted by Gasteiger charge is -1.92. The molecule has 1 aromatic carbocycles. The van der Waals surface area contributed by atoms with Crippen LogP contribution in [0, 0.1) is 5.82 Å². The molecule has 0 saturated carbocycles. The smallest absolute Gasteiger partial charge is 0.124 e. The highest BCUT2D eigenvalue weighted by Crippen LogP contribution is 2.14. The minimum Gasteiger partial charge on any atom is -0.207 e. The molecule has 0 unspecified atom stereocenters. The summed E-state index contributed by atoms with van der Waals surface area (Å²) in [6.07, 6.45) is 1.93. The Balaban J connectivity index is 0.000000461. The molecule has 0 radical (unpaired) electrons. The predicted octanol–water partition coefficient (Wildman–Crippen LogP) is 3.57. The number of rotatable bonds is 1. The molecule has 0 amide bonds. The highest BCUT2D eigenvalue weighted by molar-refractivity contribution is 7.98. The van der Waals surface area contributed by atoms with Crippen molar-refractivity contribution in [3.05, 3.63) is 30.1 Å². The normalized spacial score (nSPS) is 8.36. The summed E-state index contributed by atoms with van der Waals surface area (Å²) in [6.45, 7) is 4.00. The Kier molecular flexibility index (Phi) is 5.94. The fraction of sp³-hybridized carbons (Fsp3) is 0.333. The molecule has 1 aromatic rings. The molecule has 0 aliphatic rings. The van der Waals surface area contributed by atoms with Crippen LogP contribution in [0.25, 0.3) is 0 Å². The first-order valence-corrected chi connectivity index (χ1v) is 4.85. The van der Waals surface area contributed by atoms with Crippen LogP contribution < -0.4 is 0 Å². The molecule has 0 aliphatic heterocycles. The monoisotopic (exact) mass is 172 g/mol. The zero-order valence-corrected chi connectivity index (χ0v) is 7.91. The first-order valence-electron chi connectivity index (χ1n) is 3.62. The van der Waals surface area contributed by atoms with E-state index in [0.717, 1.165) is 4.90 Å². The lowest BCUT2D eigenvalue weighted by molar-refractivity contribution is 0.624. The third-order valence-electron chi connectivity index (χ3n) is 1.03. The van der Waals surface area contributed by atoms with Gasteiger partial charge in [0.15, 0.2) is 0 Å². The van der Waals surface area contributed by atoms with E-state index in [0.29, 0.717) is 0 Å². The standard InChI is InChI=1S/C7H7FS.C2H6/c1-9-7-4-2-3-6(8)5-7;1-2/h2-5H,1H3;1-2H3. The van der Waals surface area contributed by atoms with Crippen molar-refractivity contribution in [2.45, 2.75) is 18.7 Å². The highest BCUT2D eigenvalue weighted by atomic mass is 32.2. The summed E-state index contributed by atoms with van der Waals surface area (Å²) < 4.78 is 12.3. The molecule has 0 aromatic heterocycles. The Morgan fingerprint density at radius 1 is 1.27 bits per heavy atom. The summed E-state index contributed by atoms with van der Waals surface area (Å²) in [5.74, 6) is -0.165. The van der Waals surface area contributed by atoms with Gasteiger partial charge in [-0.2, -0.15) is 0 Å². The quantitative estimate of drug-likeness (QED) is 0.583. The van der Waals surface area contributed by atoms with Crippen molar-refractivity contribution in [3.8, 4) is 0 Å². The van der Waals surface area contributed by atoms with E-state index >= 15 is 0 Å². The molecular formula is C9H13FS. The van der Waals surface area contributed by atoms with Crippen LogP contribution in [0.5, 0.6) is 0 Å². The summed E-state index contributed by atoms with van der Waals surface area (Å²) in [5.41, 5.74) is 0. The van der Waals surface area contributed by atoms with E-state index in [4.69, 9.17) is 0 Å². The van der Waals surface area contributed by atoms with Crippen LogP contribution in [-0.4, -0.2) is 6.26 Å². The molecule has 11 heavy (non-hydrogen) atoms. The van der Waals surface area contributed by atoms with Crippen LogP contribution in [0.2, 0.25) is 0 Å². The number of halogens is 1. The Morgan fingerprint density at radius 3 is 2.27 bits per heavy atom. The summed E-state index contributed by atoms with van der Waals surface area (Å²) >= 11 is 1.54. The maximum absolute atomic E-state index is 12.3. The van der Waals surface area contributed by atoms with E-state index in [1.807, 2.05) is 26.2 Å². The lowest BCUT2D eigenvalue weighted by atomic mass is 10.4. The molecule has 1 rings (SSSR count). The van der Waals surface area contributed by atoms with E-state index in [-0.39, 0.29) is 5.82 Å². The molecular weight excluding hydrogens is 159 g/mol. The summed E-state index contributed by atoms with van der Waals surface area (Å²) in [6, 6.07) is 6.55. The van der Waals surface area contributed by atoms with Crippen molar-refractivity contribution in [3.63, 3.8) is 0 Å². The van der Waals surface area contributed by atoms with Crippen LogP contribution in [0.3, 0.4) is 0 Å². The summed E-state index contributed by atoms with van der Waals surface area (Å²) in [4.78, 5) is 0.968. The fourth-order valence-electron chi connectivity index (χ4n) is 0.594. The Hall–Kier alpha value is -0.500. The average molecular weight is 172 g/mol. The van der Waals surface area contributed by atoms with Gasteiger partial charge in [0, 0.05) is 4.90 Å². The number of benzene rings is 1. The Morgan fingerprint density at radius 2 is 1.91 bits per heavy atom. The number of hydrogen-bond donors (Lipinski definition) is 0. The maximum atomic E-state index is 12.3. The molecule has 0 nitrogen and oxygen atoms in total. The third kappa shape index (κ3) is 4.04. The molecule has 0 heterocycles. The second-order valence-electron chi connectivity index (χ2n) is 1.66. The van der Waals surface area contributed by atoms with Gasteiger partial charge in [0.2, 0.25) is 0 Å². The minimum atomic E-state index is -0.165. The van der Waals surface area contributed by atoms with Gasteiger partial charge in [-0.3, -0.25) is 0 Å². The number of thioether (sulfide) groups is 1. The molecule has 0 bridgehead atoms. The zero-order chi connectivity index (χ0) is 8.69. The first kappa shape index (κ1) is 10.5. The van der Waals surface area contributed by atoms with Crippen LogP contribution in [0.15, 0.2) is 29.2 Å². The van der Waals surface area contributed by atoms with Crippen molar-refractivity contribution in [2.75, 3.05) is 6.26 Å². The van der Waals surface area contributed by atoms with Crippen LogP contribution >= 0.6 is 11.8 Å². The van der Waals surface area contributed by atoms with Gasteiger partial charge in [0.05, 0.1) is 0 Å². The first-order chi connectivity index (χ1) is 5.33. The Bertz CT molecular complexity index is 199. The van der Waals surface area contributed by atoms with Crippen LogP contribution in [0.4, 0.5) is 4.39 Å². The van der Waals surface area contributed by atoms with E-state index in [9.17, 15) is 4.39 Å². The topological polar surface area (TPSA) is 0 Å². The van der Waals surface area contributed by atoms with E-state index in [2.05, 4.69) is 0 Å². The van der Waals surface area contributed by atoms with Crippen LogP contribution in [0.1, 0.15) is 13.8 Å². The van der Waals surface area contributed by atoms with Gasteiger partial charge < -0.3 is 0 Å². The fourth-order valence-corrected chi connectivity index (χ4v) is 1.04. The van der Waals surface area contributed by atoms with Gasteiger partial charge in [0.25, 0.3) is 0 Å². The molecule has 0 N–H and O–H groups in total. The van der Waals surface area contributed by atoms with Gasteiger partial charge >= 0.3 is 0 Å². The molecule has 0 atom stereocenters. The van der Waals surface area contributed by atoms with Crippen molar-refractivity contribution >= 4 is 11.8 Å². The van der Waals surface area contributed by atoms with Gasteiger partial charge in [-0.15, -0.1) is 11.8 Å². The SMILES string of the molecule is CC.CSc1cccc(F)c1. The molecule has 62 valence electrons. The zero-order valence-electron chi connectivity index (χ0n) is 7.10. The van der Waals surface area contributed by atoms with Crippen LogP contribution in [-0.2, 0) is 0 Å². The average Bonchev–Trinajstić information content (AvgIpc) is 2.08. The second kappa shape index (κ2) is 6.23. The Labute approximate surface area is 71.8 Å². The predicted molar refractivity (Wildman–Crippen MR) is 49.5 cm³/mol. The summed E-state index contributed by atoms with van der Waals surface area (Å²) in [5, 5.41) is 0. The van der Waals surface area contributed by atoms with E-state index < -0.39 is 0 Å². The van der Waals surface area contributed by atoms with E-state index in [1.54, 1.807) is 17.8 Å². The van der Waals surface area contributed by atoms with Gasteiger partial charge in [-0.1, -0.05) is 19.9 Å². The van der Waals surface area contributed by atoms with Gasteiger partial charge in [0.1, 0.15) is 5.82 Å². The van der Waals surface area contributed by atoms with Crippen molar-refractivity contribution < 1.29 is 4.39 Å². The minimum absolute atomic E-state index is 0.165. The largest absolute Gasteiger partial charge is 0.207 e. The summed E-state index contributed by atoms with van der Waals surface area (Å²) in [7, 11) is 0. The molecule has 0 aliphatic carbocycles. The molecule has 0 fully saturated rings. The lowest BCUT2D eigenvalue weighted by Crippen LogP contribution is -1.72. The van der Waals surface area contributed by atoms with Crippen molar-refractivity contribution in [2.24, 2.45) is 0 Å². The highest BCUT2D eigenvalue weighted by Gasteiger charge is 1.89. The van der Waals surface area contributed by atoms with Gasteiger partial charge in [-0.25, -0.2) is 4.39 Å². The molecule has 2 heteroatoms. The van der Waals surface area contributed by atoms with Crippen molar-refractivity contribution in [1.29, 1.82) is 0 Å². The number of hydrogen-bond acceptors (Lipinski definition) is 1. The van der Waals surface area contributed by atoms with Crippen molar-refractivity contribution in [1.82, 2.24) is 0 Å². The molecule has 0 spiro atoms. The second-order valence-corrected chi connectivity index (χ2v) is 2.54.